The number of hydrogen-bond acceptors (Lipinski definition) is 0. The summed E-state index contributed by atoms with van der Waals surface area (Å²) in [6.45, 7) is 0. The van der Waals surface area contributed by atoms with E-state index in [1.807, 2.05) is 0 Å². The Morgan fingerprint density at radius 3 is 2.15 bits per heavy atom. The summed E-state index contributed by atoms with van der Waals surface area (Å²) >= 11 is 0. The normalized spacial score (nSPS) is 108. The van der Waals surface area contributed by atoms with E-state index in [0.29, 0.717) is 0 Å². The van der Waals surface area contributed by atoms with Gasteiger partial charge in [-0.25, -0.2) is 0 Å². The molecule has 11 aliphatic carbocycles. The molecule has 0 amide bonds. The summed E-state index contributed by atoms with van der Waals surface area (Å²) in [5, 5.41) is 0. The third kappa shape index (κ3) is 0.254. The SMILES string of the molecule is C1CC23CC4C5C6C7CC8CC9C%10C%11C(C12)C43C5%11C6%10C879. The predicted molar refractivity (Wildman–Crippen MR) is 70.2 cm³/mol. The molecule has 0 aliphatic heterocycles. The molecule has 11 aliphatic rings. The van der Waals surface area contributed by atoms with Crippen molar-refractivity contribution in [3.8, 4) is 0 Å². The molecule has 0 aromatic heterocycles. The van der Waals surface area contributed by atoms with Gasteiger partial charge in [0, 0.05) is 0 Å². The quantitative estimate of drug-likeness (QED) is 0.627. The smallest absolute Gasteiger partial charge is 0.00938 e. The maximum atomic E-state index is 1.75. The molecule has 11 saturated carbocycles. The van der Waals surface area contributed by atoms with Crippen molar-refractivity contribution in [2.75, 3.05) is 0 Å². The largest absolute Gasteiger partial charge is 0.0490 e. The molecule has 0 N–H and O–H groups in total. The van der Waals surface area contributed by atoms with Crippen molar-refractivity contribution < 1.29 is 0 Å². The van der Waals surface area contributed by atoms with Gasteiger partial charge in [-0.2, -0.15) is 0 Å². The second-order valence-electron chi connectivity index (χ2n) is 11.7. The minimum absolute atomic E-state index is 1.02. The van der Waals surface area contributed by atoms with Gasteiger partial charge >= 0.3 is 0 Å². The molecule has 15 unspecified atom stereocenters. The molecule has 11 rings (SSSR count). The maximum absolute atomic E-state index is 1.75. The molecular weight excluding hydrogens is 240 g/mol. The zero-order valence-corrected chi connectivity index (χ0v) is 11.8. The highest BCUT2D eigenvalue weighted by atomic mass is 15.3. The highest BCUT2D eigenvalue weighted by Gasteiger charge is 3.23. The topological polar surface area (TPSA) is 0 Å². The summed E-state index contributed by atoms with van der Waals surface area (Å²) in [6.07, 6.45) is 8.54. The van der Waals surface area contributed by atoms with Crippen LogP contribution < -0.4 is 0 Å². The van der Waals surface area contributed by atoms with Crippen LogP contribution in [0.15, 0.2) is 0 Å². The van der Waals surface area contributed by atoms with E-state index in [1.165, 1.54) is 59.2 Å². The van der Waals surface area contributed by atoms with Crippen molar-refractivity contribution in [3.05, 3.63) is 0 Å². The minimum Gasteiger partial charge on any atom is -0.0490 e. The molecule has 0 radical (unpaired) electrons. The number of fused-ring (bicyclic) bond motifs is 7. The Bertz CT molecular complexity index is 783. The Morgan fingerprint density at radius 1 is 0.650 bits per heavy atom. The van der Waals surface area contributed by atoms with Gasteiger partial charge in [0.15, 0.2) is 0 Å². The van der Waals surface area contributed by atoms with E-state index in [9.17, 15) is 0 Å². The first kappa shape index (κ1) is 8.02. The van der Waals surface area contributed by atoms with Gasteiger partial charge < -0.3 is 0 Å². The summed E-state index contributed by atoms with van der Waals surface area (Å²) in [4.78, 5) is 0. The van der Waals surface area contributed by atoms with Crippen LogP contribution in [0.2, 0.25) is 0 Å². The van der Waals surface area contributed by atoms with Crippen LogP contribution >= 0.6 is 0 Å². The van der Waals surface area contributed by atoms with Crippen LogP contribution in [-0.4, -0.2) is 0 Å². The monoisotopic (exact) mass is 260 g/mol. The molecule has 0 aromatic rings. The lowest BCUT2D eigenvalue weighted by molar-refractivity contribution is -0.801. The first-order valence-electron chi connectivity index (χ1n) is 9.88. The molecular formula is C20H20. The van der Waals surface area contributed by atoms with Crippen LogP contribution in [0, 0.1) is 86.3 Å². The molecule has 0 nitrogen and oxygen atoms in total. The van der Waals surface area contributed by atoms with Gasteiger partial charge in [0.25, 0.3) is 0 Å². The fraction of sp³-hybridized carbons (Fsp3) is 1.00. The zero-order chi connectivity index (χ0) is 11.8. The lowest BCUT2D eigenvalue weighted by Crippen LogP contribution is -3.23. The van der Waals surface area contributed by atoms with Crippen LogP contribution in [0.25, 0.3) is 0 Å². The van der Waals surface area contributed by atoms with Crippen molar-refractivity contribution in [1.29, 1.82) is 0 Å². The van der Waals surface area contributed by atoms with E-state index in [-0.39, 0.29) is 0 Å². The van der Waals surface area contributed by atoms with Gasteiger partial charge in [0.05, 0.1) is 0 Å². The Balaban J connectivity index is 1.29. The summed E-state index contributed by atoms with van der Waals surface area (Å²) in [6, 6.07) is 0. The fourth-order valence-electron chi connectivity index (χ4n) is 15.7. The molecule has 0 heterocycles. The van der Waals surface area contributed by atoms with Gasteiger partial charge in [0.1, 0.15) is 0 Å². The maximum Gasteiger partial charge on any atom is -0.00938 e. The summed E-state index contributed by atoms with van der Waals surface area (Å²) in [5.41, 5.74) is 5.35. The minimum atomic E-state index is 1.02. The summed E-state index contributed by atoms with van der Waals surface area (Å²) in [5.74, 6) is 13.2. The summed E-state index contributed by atoms with van der Waals surface area (Å²) < 4.78 is 0. The second-order valence-corrected chi connectivity index (χ2v) is 11.7. The van der Waals surface area contributed by atoms with Crippen molar-refractivity contribution in [2.45, 2.75) is 32.1 Å². The van der Waals surface area contributed by atoms with Crippen LogP contribution in [0.3, 0.4) is 0 Å². The van der Waals surface area contributed by atoms with E-state index in [2.05, 4.69) is 0 Å². The Hall–Kier alpha value is 0. The molecule has 11 fully saturated rings. The lowest BCUT2D eigenvalue weighted by atomic mass is 8.77. The Morgan fingerprint density at radius 2 is 1.40 bits per heavy atom. The van der Waals surface area contributed by atoms with Gasteiger partial charge in [0.2, 0.25) is 0 Å². The molecule has 0 saturated heterocycles. The average molecular weight is 260 g/mol. The molecule has 0 heteroatoms. The first-order valence-corrected chi connectivity index (χ1v) is 9.88. The first-order chi connectivity index (χ1) is 9.88. The third-order valence-corrected chi connectivity index (χ3v) is 14.2. The third-order valence-electron chi connectivity index (χ3n) is 14.2. The van der Waals surface area contributed by atoms with E-state index < -0.39 is 0 Å². The standard InChI is InChI=1S/C20H20/c1-2-16-5-10-14-12-8-3-6-4-9-13-15-11(7(1)16)18(10,16)20(14,15)19(12,13)17(6,8)9/h6-15H,1-5H2. The highest BCUT2D eigenvalue weighted by molar-refractivity contribution is 5.69. The molecule has 0 aromatic carbocycles. The zero-order valence-electron chi connectivity index (χ0n) is 11.8. The van der Waals surface area contributed by atoms with Crippen molar-refractivity contribution in [2.24, 2.45) is 86.3 Å². The van der Waals surface area contributed by atoms with Crippen LogP contribution in [0.4, 0.5) is 0 Å². The average Bonchev–Trinajstić information content (AvgIpc) is 2.31. The molecule has 20 heavy (non-hydrogen) atoms. The van der Waals surface area contributed by atoms with Gasteiger partial charge in [-0.3, -0.25) is 0 Å². The van der Waals surface area contributed by atoms with Crippen LogP contribution in [-0.2, 0) is 0 Å². The Kier molecular flexibility index (Phi) is 0.584. The lowest BCUT2D eigenvalue weighted by Gasteiger charge is -3.26. The van der Waals surface area contributed by atoms with Crippen LogP contribution in [0.5, 0.6) is 0 Å². The van der Waals surface area contributed by atoms with Gasteiger partial charge in [-0.1, -0.05) is 0 Å². The second kappa shape index (κ2) is 1.46. The van der Waals surface area contributed by atoms with Crippen LogP contribution in [0.1, 0.15) is 32.1 Å². The molecule has 15 atom stereocenters. The van der Waals surface area contributed by atoms with E-state index in [1.54, 1.807) is 32.1 Å². The molecule has 5 spiro atoms. The summed E-state index contributed by atoms with van der Waals surface area (Å²) in [7, 11) is 0. The fourth-order valence-corrected chi connectivity index (χ4v) is 15.7. The van der Waals surface area contributed by atoms with Gasteiger partial charge in [-0.15, -0.1) is 0 Å². The van der Waals surface area contributed by atoms with Crippen molar-refractivity contribution in [1.82, 2.24) is 0 Å². The Labute approximate surface area is 119 Å². The van der Waals surface area contributed by atoms with E-state index in [0.717, 1.165) is 27.1 Å². The van der Waals surface area contributed by atoms with E-state index in [4.69, 9.17) is 0 Å². The van der Waals surface area contributed by atoms with Gasteiger partial charge in [-0.05, 0) is 118 Å². The highest BCUT2D eigenvalue weighted by Crippen LogP contribution is 3.26. The molecule has 100 valence electrons. The van der Waals surface area contributed by atoms with Crippen molar-refractivity contribution in [3.63, 3.8) is 0 Å². The van der Waals surface area contributed by atoms with E-state index >= 15 is 0 Å². The number of hydrogen-bond donors (Lipinski definition) is 0. The predicted octanol–water partition coefficient (Wildman–Crippen LogP) is 3.18. The number of rotatable bonds is 0. The van der Waals surface area contributed by atoms with Crippen molar-refractivity contribution >= 4 is 0 Å². The molecule has 0 bridgehead atoms.